The van der Waals surface area contributed by atoms with Crippen molar-refractivity contribution in [3.63, 3.8) is 0 Å². The Hall–Kier alpha value is -1.17. The molecule has 1 aromatic carbocycles. The molecular formula is C14H13Cl2NO3S. The van der Waals surface area contributed by atoms with Gasteiger partial charge in [-0.05, 0) is 30.4 Å². The summed E-state index contributed by atoms with van der Waals surface area (Å²) in [4.78, 5) is 23.3. The monoisotopic (exact) mass is 345 g/mol. The minimum absolute atomic E-state index is 0.370. The van der Waals surface area contributed by atoms with Crippen molar-refractivity contribution in [2.24, 2.45) is 0 Å². The van der Waals surface area contributed by atoms with Crippen LogP contribution in [-0.4, -0.2) is 34.0 Å². The molecule has 1 atom stereocenters. The molecule has 2 rings (SSSR count). The number of carboxylic acid groups (broad SMARTS) is 1. The molecule has 1 saturated heterocycles. The molecule has 0 bridgehead atoms. The van der Waals surface area contributed by atoms with Crippen LogP contribution < -0.4 is 5.32 Å². The molecule has 1 unspecified atom stereocenters. The van der Waals surface area contributed by atoms with Gasteiger partial charge in [-0.3, -0.25) is 4.79 Å². The molecule has 7 heteroatoms. The van der Waals surface area contributed by atoms with Crippen molar-refractivity contribution in [3.05, 3.63) is 39.9 Å². The van der Waals surface area contributed by atoms with Crippen LogP contribution in [0.3, 0.4) is 0 Å². The first-order valence-electron chi connectivity index (χ1n) is 6.20. The lowest BCUT2D eigenvalue weighted by molar-refractivity contribution is -0.145. The zero-order chi connectivity index (χ0) is 15.5. The molecule has 4 nitrogen and oxygen atoms in total. The number of amides is 1. The first kappa shape index (κ1) is 16.2. The summed E-state index contributed by atoms with van der Waals surface area (Å²) in [7, 11) is 0. The average Bonchev–Trinajstić information content (AvgIpc) is 2.88. The number of halogens is 2. The number of nitrogens with one attached hydrogen (secondary N) is 1. The molecule has 0 aliphatic carbocycles. The van der Waals surface area contributed by atoms with Crippen LogP contribution in [0.5, 0.6) is 0 Å². The van der Waals surface area contributed by atoms with E-state index in [2.05, 4.69) is 5.32 Å². The summed E-state index contributed by atoms with van der Waals surface area (Å²) in [6.07, 6.45) is 3.15. The van der Waals surface area contributed by atoms with Crippen molar-refractivity contribution in [2.75, 3.05) is 11.5 Å². The SMILES string of the molecule is O=C(C=Cc1c(Cl)cccc1Cl)NC1(C(=O)O)CCSC1. The maximum atomic E-state index is 11.9. The van der Waals surface area contributed by atoms with E-state index < -0.39 is 17.4 Å². The van der Waals surface area contributed by atoms with Gasteiger partial charge >= 0.3 is 5.97 Å². The standard InChI is InChI=1S/C14H13Cl2NO3S/c15-10-2-1-3-11(16)9(10)4-5-12(18)17-14(13(19)20)6-7-21-8-14/h1-5H,6-8H2,(H,17,18)(H,19,20). The average molecular weight is 346 g/mol. The van der Waals surface area contributed by atoms with Gasteiger partial charge in [-0.15, -0.1) is 0 Å². The van der Waals surface area contributed by atoms with E-state index in [1.54, 1.807) is 18.2 Å². The van der Waals surface area contributed by atoms with E-state index in [0.717, 1.165) is 0 Å². The topological polar surface area (TPSA) is 66.4 Å². The van der Waals surface area contributed by atoms with E-state index >= 15 is 0 Å². The number of hydrogen-bond acceptors (Lipinski definition) is 3. The third kappa shape index (κ3) is 3.73. The Morgan fingerprint density at radius 3 is 2.52 bits per heavy atom. The molecule has 21 heavy (non-hydrogen) atoms. The van der Waals surface area contributed by atoms with Crippen LogP contribution in [0.15, 0.2) is 24.3 Å². The third-order valence-corrected chi connectivity index (χ3v) is 5.04. The van der Waals surface area contributed by atoms with Gasteiger partial charge in [0.15, 0.2) is 0 Å². The number of carbonyl (C=O) groups excluding carboxylic acids is 1. The highest BCUT2D eigenvalue weighted by atomic mass is 35.5. The summed E-state index contributed by atoms with van der Waals surface area (Å²) in [5.41, 5.74) is -0.655. The number of carbonyl (C=O) groups is 2. The quantitative estimate of drug-likeness (QED) is 0.823. The summed E-state index contributed by atoms with van der Waals surface area (Å²) in [5, 5.41) is 12.7. The zero-order valence-electron chi connectivity index (χ0n) is 10.9. The molecule has 1 fully saturated rings. The van der Waals surface area contributed by atoms with Gasteiger partial charge in [0.05, 0.1) is 0 Å². The fraction of sp³-hybridized carbons (Fsp3) is 0.286. The minimum atomic E-state index is -1.18. The summed E-state index contributed by atoms with van der Waals surface area (Å²) < 4.78 is 0. The van der Waals surface area contributed by atoms with Gasteiger partial charge < -0.3 is 10.4 Å². The van der Waals surface area contributed by atoms with Crippen molar-refractivity contribution >= 4 is 52.9 Å². The van der Waals surface area contributed by atoms with Crippen LogP contribution in [0.25, 0.3) is 6.08 Å². The van der Waals surface area contributed by atoms with Gasteiger partial charge in [0, 0.05) is 27.4 Å². The van der Waals surface area contributed by atoms with Crippen LogP contribution in [0.4, 0.5) is 0 Å². The Labute approximate surface area is 136 Å². The lowest BCUT2D eigenvalue weighted by Gasteiger charge is -2.23. The Morgan fingerprint density at radius 2 is 2.00 bits per heavy atom. The van der Waals surface area contributed by atoms with Gasteiger partial charge in [-0.25, -0.2) is 4.79 Å². The van der Waals surface area contributed by atoms with Crippen molar-refractivity contribution in [1.82, 2.24) is 5.32 Å². The van der Waals surface area contributed by atoms with Crippen molar-refractivity contribution in [3.8, 4) is 0 Å². The van der Waals surface area contributed by atoms with Gasteiger partial charge in [0.1, 0.15) is 5.54 Å². The first-order chi connectivity index (χ1) is 9.94. The highest BCUT2D eigenvalue weighted by Crippen LogP contribution is 2.29. The third-order valence-electron chi connectivity index (χ3n) is 3.19. The normalized spacial score (nSPS) is 21.6. The molecule has 1 heterocycles. The fourth-order valence-corrected chi connectivity index (χ4v) is 3.84. The molecule has 1 aliphatic rings. The van der Waals surface area contributed by atoms with Crippen LogP contribution in [0, 0.1) is 0 Å². The maximum absolute atomic E-state index is 11.9. The van der Waals surface area contributed by atoms with Gasteiger partial charge in [-0.2, -0.15) is 11.8 Å². The number of aliphatic carboxylic acids is 1. The Morgan fingerprint density at radius 1 is 1.33 bits per heavy atom. The Balaban J connectivity index is 2.11. The van der Waals surface area contributed by atoms with E-state index in [0.29, 0.717) is 33.5 Å². The molecule has 0 saturated carbocycles. The number of benzene rings is 1. The number of carboxylic acids is 1. The second kappa shape index (κ2) is 6.73. The first-order valence-corrected chi connectivity index (χ1v) is 8.11. The molecule has 0 spiro atoms. The summed E-state index contributed by atoms with van der Waals surface area (Å²) in [6.45, 7) is 0. The highest BCUT2D eigenvalue weighted by molar-refractivity contribution is 7.99. The molecule has 1 aromatic rings. The lowest BCUT2D eigenvalue weighted by Crippen LogP contribution is -2.54. The second-order valence-electron chi connectivity index (χ2n) is 4.65. The second-order valence-corrected chi connectivity index (χ2v) is 6.57. The van der Waals surface area contributed by atoms with Crippen molar-refractivity contribution in [1.29, 1.82) is 0 Å². The predicted octanol–water partition coefficient (Wildman–Crippen LogP) is 3.08. The van der Waals surface area contributed by atoms with Gasteiger partial charge in [-0.1, -0.05) is 29.3 Å². The molecule has 1 amide bonds. The van der Waals surface area contributed by atoms with Crippen molar-refractivity contribution < 1.29 is 14.7 Å². The summed E-state index contributed by atoms with van der Waals surface area (Å²) >= 11 is 13.5. The number of hydrogen-bond donors (Lipinski definition) is 2. The summed E-state index contributed by atoms with van der Waals surface area (Å²) in [6, 6.07) is 5.03. The smallest absolute Gasteiger partial charge is 0.330 e. The molecular weight excluding hydrogens is 333 g/mol. The molecule has 0 radical (unpaired) electrons. The summed E-state index contributed by atoms with van der Waals surface area (Å²) in [5.74, 6) is -0.401. The van der Waals surface area contributed by atoms with E-state index in [4.69, 9.17) is 23.2 Å². The zero-order valence-corrected chi connectivity index (χ0v) is 13.3. The van der Waals surface area contributed by atoms with Crippen LogP contribution in [-0.2, 0) is 9.59 Å². The van der Waals surface area contributed by atoms with E-state index in [1.807, 2.05) is 0 Å². The van der Waals surface area contributed by atoms with E-state index in [9.17, 15) is 14.7 Å². The van der Waals surface area contributed by atoms with Crippen molar-refractivity contribution in [2.45, 2.75) is 12.0 Å². The van der Waals surface area contributed by atoms with Crippen LogP contribution in [0.2, 0.25) is 10.0 Å². The number of thioether (sulfide) groups is 1. The number of rotatable bonds is 4. The minimum Gasteiger partial charge on any atom is -0.479 e. The van der Waals surface area contributed by atoms with Gasteiger partial charge in [0.2, 0.25) is 5.91 Å². The van der Waals surface area contributed by atoms with E-state index in [1.165, 1.54) is 23.9 Å². The Bertz CT molecular complexity index is 578. The largest absolute Gasteiger partial charge is 0.479 e. The Kier molecular flexibility index (Phi) is 5.19. The molecule has 1 aliphatic heterocycles. The van der Waals surface area contributed by atoms with Crippen LogP contribution >= 0.6 is 35.0 Å². The molecule has 0 aromatic heterocycles. The highest BCUT2D eigenvalue weighted by Gasteiger charge is 2.42. The molecule has 2 N–H and O–H groups in total. The van der Waals surface area contributed by atoms with Crippen LogP contribution in [0.1, 0.15) is 12.0 Å². The van der Waals surface area contributed by atoms with E-state index in [-0.39, 0.29) is 0 Å². The predicted molar refractivity (Wildman–Crippen MR) is 85.9 cm³/mol. The molecule has 112 valence electrons. The fourth-order valence-electron chi connectivity index (χ4n) is 1.99. The van der Waals surface area contributed by atoms with Gasteiger partial charge in [0.25, 0.3) is 0 Å². The lowest BCUT2D eigenvalue weighted by atomic mass is 9.99. The maximum Gasteiger partial charge on any atom is 0.330 e.